The number of benzene rings is 1. The van der Waals surface area contributed by atoms with Crippen LogP contribution in [0.5, 0.6) is 5.75 Å². The van der Waals surface area contributed by atoms with E-state index in [1.54, 1.807) is 7.11 Å². The second-order valence-electron chi connectivity index (χ2n) is 5.86. The van der Waals surface area contributed by atoms with Gasteiger partial charge in [0.25, 0.3) is 0 Å². The van der Waals surface area contributed by atoms with Crippen molar-refractivity contribution in [3.8, 4) is 5.75 Å². The first-order chi connectivity index (χ1) is 10.1. The summed E-state index contributed by atoms with van der Waals surface area (Å²) >= 11 is 0. The van der Waals surface area contributed by atoms with Gasteiger partial charge < -0.3 is 15.2 Å². The highest BCUT2D eigenvalue weighted by Crippen LogP contribution is 2.42. The number of piperidine rings is 1. The first kappa shape index (κ1) is 14.4. The van der Waals surface area contributed by atoms with Crippen LogP contribution in [0.4, 0.5) is 0 Å². The van der Waals surface area contributed by atoms with E-state index in [1.165, 1.54) is 11.1 Å². The molecule has 2 heterocycles. The van der Waals surface area contributed by atoms with Crippen LogP contribution in [0.2, 0.25) is 0 Å². The summed E-state index contributed by atoms with van der Waals surface area (Å²) in [5.41, 5.74) is 7.68. The molecule has 5 heteroatoms. The molecule has 114 valence electrons. The average molecular weight is 290 g/mol. The van der Waals surface area contributed by atoms with Gasteiger partial charge in [-0.15, -0.1) is 0 Å². The molecule has 0 atom stereocenters. The Morgan fingerprint density at radius 2 is 2.19 bits per heavy atom. The number of amides is 1. The van der Waals surface area contributed by atoms with E-state index >= 15 is 0 Å². The summed E-state index contributed by atoms with van der Waals surface area (Å²) in [6.45, 7) is 2.77. The maximum Gasteiger partial charge on any atom is 0.231 e. The van der Waals surface area contributed by atoms with Crippen LogP contribution in [0.15, 0.2) is 18.2 Å². The lowest BCUT2D eigenvalue weighted by atomic mass is 9.79. The largest absolute Gasteiger partial charge is 0.497 e. The number of nitrogens with zero attached hydrogens (tertiary/aromatic N) is 1. The van der Waals surface area contributed by atoms with Gasteiger partial charge in [0, 0.05) is 13.1 Å². The van der Waals surface area contributed by atoms with Gasteiger partial charge in [0.1, 0.15) is 5.75 Å². The number of nitrogens with two attached hydrogens (primary N) is 1. The van der Waals surface area contributed by atoms with Crippen molar-refractivity contribution in [1.29, 1.82) is 0 Å². The Bertz CT molecular complexity index is 536. The van der Waals surface area contributed by atoms with E-state index in [-0.39, 0.29) is 11.5 Å². The standard InChI is InChI=1S/C16H22N2O3/c1-20-13-2-3-14-12(10-13)4-9-21-16(14)5-7-18(8-6-16)11-15(17)19/h2-3,10H,4-9,11H2,1H3,(H2,17,19). The number of primary amides is 1. The normalized spacial score (nSPS) is 21.0. The summed E-state index contributed by atoms with van der Waals surface area (Å²) in [6.07, 6.45) is 2.73. The zero-order valence-electron chi connectivity index (χ0n) is 12.4. The highest BCUT2D eigenvalue weighted by atomic mass is 16.5. The fourth-order valence-electron chi connectivity index (χ4n) is 3.49. The van der Waals surface area contributed by atoms with E-state index in [1.807, 2.05) is 6.07 Å². The molecule has 1 saturated heterocycles. The van der Waals surface area contributed by atoms with Crippen LogP contribution < -0.4 is 10.5 Å². The molecule has 5 nitrogen and oxygen atoms in total. The minimum absolute atomic E-state index is 0.200. The molecule has 0 aromatic heterocycles. The predicted molar refractivity (Wildman–Crippen MR) is 79.2 cm³/mol. The zero-order valence-corrected chi connectivity index (χ0v) is 12.4. The van der Waals surface area contributed by atoms with Crippen molar-refractivity contribution >= 4 is 5.91 Å². The van der Waals surface area contributed by atoms with Crippen LogP contribution in [0.25, 0.3) is 0 Å². The molecule has 2 N–H and O–H groups in total. The van der Waals surface area contributed by atoms with Gasteiger partial charge in [-0.2, -0.15) is 0 Å². The fraction of sp³-hybridized carbons (Fsp3) is 0.562. The minimum atomic E-state index is -0.263. The molecular weight excluding hydrogens is 268 g/mol. The third kappa shape index (κ3) is 2.76. The lowest BCUT2D eigenvalue weighted by Crippen LogP contribution is -2.48. The Balaban J connectivity index is 1.80. The molecule has 1 fully saturated rings. The van der Waals surface area contributed by atoms with E-state index in [0.29, 0.717) is 6.54 Å². The molecule has 1 amide bonds. The highest BCUT2D eigenvalue weighted by Gasteiger charge is 2.40. The smallest absolute Gasteiger partial charge is 0.231 e. The first-order valence-electron chi connectivity index (χ1n) is 7.45. The van der Waals surface area contributed by atoms with E-state index < -0.39 is 0 Å². The number of likely N-dealkylation sites (tertiary alicyclic amines) is 1. The summed E-state index contributed by atoms with van der Waals surface area (Å²) in [6, 6.07) is 6.26. The molecule has 1 aromatic rings. The van der Waals surface area contributed by atoms with Crippen LogP contribution in [0.1, 0.15) is 24.0 Å². The van der Waals surface area contributed by atoms with Crippen molar-refractivity contribution in [2.24, 2.45) is 5.73 Å². The molecule has 2 aliphatic rings. The summed E-state index contributed by atoms with van der Waals surface area (Å²) in [4.78, 5) is 13.1. The predicted octanol–water partition coefficient (Wildman–Crippen LogP) is 1.04. The monoisotopic (exact) mass is 290 g/mol. The van der Waals surface area contributed by atoms with Crippen molar-refractivity contribution in [1.82, 2.24) is 4.90 Å². The topological polar surface area (TPSA) is 64.8 Å². The number of fused-ring (bicyclic) bond motifs is 2. The number of rotatable bonds is 3. The maximum atomic E-state index is 11.0. The molecule has 3 rings (SSSR count). The molecule has 1 aromatic carbocycles. The van der Waals surface area contributed by atoms with Gasteiger partial charge >= 0.3 is 0 Å². The molecule has 21 heavy (non-hydrogen) atoms. The molecular formula is C16H22N2O3. The average Bonchev–Trinajstić information content (AvgIpc) is 2.49. The Morgan fingerprint density at radius 1 is 1.43 bits per heavy atom. The second kappa shape index (κ2) is 5.66. The Labute approximate surface area is 125 Å². The lowest BCUT2D eigenvalue weighted by Gasteiger charge is -2.45. The molecule has 0 aliphatic carbocycles. The minimum Gasteiger partial charge on any atom is -0.497 e. The van der Waals surface area contributed by atoms with Gasteiger partial charge in [-0.05, 0) is 42.5 Å². The van der Waals surface area contributed by atoms with Gasteiger partial charge in [-0.25, -0.2) is 0 Å². The van der Waals surface area contributed by atoms with Crippen molar-refractivity contribution in [2.75, 3.05) is 33.4 Å². The fourth-order valence-corrected chi connectivity index (χ4v) is 3.49. The molecule has 0 saturated carbocycles. The van der Waals surface area contributed by atoms with E-state index in [0.717, 1.165) is 44.7 Å². The van der Waals surface area contributed by atoms with Gasteiger partial charge in [-0.3, -0.25) is 9.69 Å². The number of methoxy groups -OCH3 is 1. The first-order valence-corrected chi connectivity index (χ1v) is 7.45. The zero-order chi connectivity index (χ0) is 14.9. The lowest BCUT2D eigenvalue weighted by molar-refractivity contribution is -0.123. The number of hydrogen-bond donors (Lipinski definition) is 1. The van der Waals surface area contributed by atoms with Gasteiger partial charge in [0.15, 0.2) is 0 Å². The Kier molecular flexibility index (Phi) is 3.87. The van der Waals surface area contributed by atoms with Gasteiger partial charge in [-0.1, -0.05) is 6.07 Å². The number of carbonyl (C=O) groups excluding carboxylic acids is 1. The molecule has 0 radical (unpaired) electrons. The van der Waals surface area contributed by atoms with Gasteiger partial charge in [0.05, 0.1) is 25.9 Å². The third-order valence-corrected chi connectivity index (χ3v) is 4.60. The van der Waals surface area contributed by atoms with Crippen molar-refractivity contribution in [2.45, 2.75) is 24.9 Å². The SMILES string of the molecule is COc1ccc2c(c1)CCOC21CCN(CC(N)=O)CC1. The molecule has 1 spiro atoms. The van der Waals surface area contributed by atoms with E-state index in [2.05, 4.69) is 17.0 Å². The summed E-state index contributed by atoms with van der Waals surface area (Å²) in [5.74, 6) is 0.637. The number of ether oxygens (including phenoxy) is 2. The second-order valence-corrected chi connectivity index (χ2v) is 5.86. The number of hydrogen-bond acceptors (Lipinski definition) is 4. The van der Waals surface area contributed by atoms with Crippen molar-refractivity contribution < 1.29 is 14.3 Å². The van der Waals surface area contributed by atoms with Crippen molar-refractivity contribution in [3.05, 3.63) is 29.3 Å². The van der Waals surface area contributed by atoms with Crippen LogP contribution in [-0.2, 0) is 21.6 Å². The number of carbonyl (C=O) groups is 1. The highest BCUT2D eigenvalue weighted by molar-refractivity contribution is 5.75. The van der Waals surface area contributed by atoms with E-state index in [4.69, 9.17) is 15.2 Å². The van der Waals surface area contributed by atoms with E-state index in [9.17, 15) is 4.79 Å². The summed E-state index contributed by atoms with van der Waals surface area (Å²) < 4.78 is 11.5. The van der Waals surface area contributed by atoms with Gasteiger partial charge in [0.2, 0.25) is 5.91 Å². The summed E-state index contributed by atoms with van der Waals surface area (Å²) in [7, 11) is 1.69. The molecule has 0 bridgehead atoms. The summed E-state index contributed by atoms with van der Waals surface area (Å²) in [5, 5.41) is 0. The van der Waals surface area contributed by atoms with Crippen LogP contribution >= 0.6 is 0 Å². The molecule has 2 aliphatic heterocycles. The molecule has 0 unspecified atom stereocenters. The Morgan fingerprint density at radius 3 is 2.86 bits per heavy atom. The van der Waals surface area contributed by atoms with Crippen LogP contribution in [-0.4, -0.2) is 44.2 Å². The van der Waals surface area contributed by atoms with Crippen LogP contribution in [0.3, 0.4) is 0 Å². The Hall–Kier alpha value is -1.59. The maximum absolute atomic E-state index is 11.0. The van der Waals surface area contributed by atoms with Crippen LogP contribution in [0, 0.1) is 0 Å². The van der Waals surface area contributed by atoms with Crippen molar-refractivity contribution in [3.63, 3.8) is 0 Å². The quantitative estimate of drug-likeness (QED) is 0.903. The third-order valence-electron chi connectivity index (χ3n) is 4.60.